The first-order chi connectivity index (χ1) is 14.0. The van der Waals surface area contributed by atoms with Gasteiger partial charge in [-0.2, -0.15) is 0 Å². The zero-order chi connectivity index (χ0) is 20.5. The van der Waals surface area contributed by atoms with Gasteiger partial charge in [0.15, 0.2) is 0 Å². The van der Waals surface area contributed by atoms with Crippen LogP contribution in [0.2, 0.25) is 0 Å². The lowest BCUT2D eigenvalue weighted by atomic mass is 9.78. The molecule has 2 fully saturated rings. The van der Waals surface area contributed by atoms with Crippen LogP contribution in [-0.2, 0) is 11.3 Å². The molecule has 5 nitrogen and oxygen atoms in total. The quantitative estimate of drug-likeness (QED) is 0.798. The summed E-state index contributed by atoms with van der Waals surface area (Å²) in [6.45, 7) is 8.76. The number of piperidine rings is 1. The minimum atomic E-state index is 0.0323. The number of hydrogen-bond acceptors (Lipinski definition) is 3. The summed E-state index contributed by atoms with van der Waals surface area (Å²) in [4.78, 5) is 27.9. The monoisotopic (exact) mass is 415 g/mol. The van der Waals surface area contributed by atoms with Gasteiger partial charge >= 0.3 is 0 Å². The third kappa shape index (κ3) is 3.96. The van der Waals surface area contributed by atoms with Crippen LogP contribution in [0.4, 0.5) is 0 Å². The first-order valence-corrected chi connectivity index (χ1v) is 12.0. The number of hydrogen-bond donors (Lipinski definition) is 1. The molecule has 0 radical (unpaired) electrons. The molecular formula is C23H33N3O2S. The van der Waals surface area contributed by atoms with Crippen molar-refractivity contribution in [2.75, 3.05) is 13.1 Å². The molecule has 2 aliphatic rings. The number of aromatic nitrogens is 1. The van der Waals surface area contributed by atoms with Gasteiger partial charge in [0.25, 0.3) is 5.91 Å². The summed E-state index contributed by atoms with van der Waals surface area (Å²) in [7, 11) is 0. The third-order valence-electron chi connectivity index (χ3n) is 7.25. The highest BCUT2D eigenvalue weighted by molar-refractivity contribution is 7.17. The normalized spacial score (nSPS) is 26.0. The van der Waals surface area contributed by atoms with Crippen molar-refractivity contribution in [2.45, 2.75) is 65.5 Å². The van der Waals surface area contributed by atoms with Gasteiger partial charge in [-0.3, -0.25) is 9.59 Å². The number of fused-ring (bicyclic) bond motifs is 1. The molecule has 1 aliphatic carbocycles. The van der Waals surface area contributed by atoms with E-state index in [1.807, 2.05) is 11.0 Å². The van der Waals surface area contributed by atoms with Crippen LogP contribution < -0.4 is 5.32 Å². The van der Waals surface area contributed by atoms with Gasteiger partial charge in [-0.05, 0) is 55.5 Å². The van der Waals surface area contributed by atoms with E-state index in [9.17, 15) is 9.59 Å². The largest absolute Gasteiger partial charge is 0.353 e. The van der Waals surface area contributed by atoms with Crippen LogP contribution in [-0.4, -0.2) is 40.4 Å². The zero-order valence-corrected chi connectivity index (χ0v) is 18.6. The predicted molar refractivity (Wildman–Crippen MR) is 118 cm³/mol. The molecule has 2 aromatic heterocycles. The van der Waals surface area contributed by atoms with Crippen molar-refractivity contribution in [2.24, 2.45) is 17.8 Å². The fourth-order valence-corrected chi connectivity index (χ4v) is 5.91. The smallest absolute Gasteiger partial charge is 0.270 e. The molecule has 6 heteroatoms. The molecule has 3 atom stereocenters. The number of nitrogens with zero attached hydrogens (tertiary/aromatic N) is 2. The second-order valence-corrected chi connectivity index (χ2v) is 9.84. The van der Waals surface area contributed by atoms with Crippen LogP contribution >= 0.6 is 11.3 Å². The van der Waals surface area contributed by atoms with E-state index in [2.05, 4.69) is 42.1 Å². The van der Waals surface area contributed by atoms with E-state index in [0.29, 0.717) is 31.0 Å². The lowest BCUT2D eigenvalue weighted by Gasteiger charge is -2.37. The molecule has 2 amide bonds. The maximum absolute atomic E-state index is 13.1. The Morgan fingerprint density at radius 1 is 1.17 bits per heavy atom. The summed E-state index contributed by atoms with van der Waals surface area (Å²) in [6, 6.07) is 4.42. The molecule has 0 bridgehead atoms. The second kappa shape index (κ2) is 8.50. The SMILES string of the molecule is CCn1c(C(=O)N2CCC(C(=O)NC3CCCC(C)C3C)CC2)cc2sccc21. The van der Waals surface area contributed by atoms with Gasteiger partial charge in [0.1, 0.15) is 5.69 Å². The minimum Gasteiger partial charge on any atom is -0.353 e. The lowest BCUT2D eigenvalue weighted by Crippen LogP contribution is -2.48. The Morgan fingerprint density at radius 3 is 2.66 bits per heavy atom. The van der Waals surface area contributed by atoms with Crippen LogP contribution in [0.3, 0.4) is 0 Å². The first kappa shape index (κ1) is 20.5. The van der Waals surface area contributed by atoms with E-state index in [4.69, 9.17) is 0 Å². The van der Waals surface area contributed by atoms with E-state index in [1.165, 1.54) is 17.5 Å². The van der Waals surface area contributed by atoms with Crippen molar-refractivity contribution in [1.29, 1.82) is 0 Å². The van der Waals surface area contributed by atoms with Gasteiger partial charge in [0.2, 0.25) is 5.91 Å². The fourth-order valence-electron chi connectivity index (χ4n) is 5.09. The Hall–Kier alpha value is -1.82. The van der Waals surface area contributed by atoms with Gasteiger partial charge < -0.3 is 14.8 Å². The van der Waals surface area contributed by atoms with Crippen LogP contribution in [0.5, 0.6) is 0 Å². The van der Waals surface area contributed by atoms with E-state index < -0.39 is 0 Å². The fraction of sp³-hybridized carbons (Fsp3) is 0.652. The number of amides is 2. The molecule has 29 heavy (non-hydrogen) atoms. The number of rotatable bonds is 4. The topological polar surface area (TPSA) is 54.3 Å². The summed E-state index contributed by atoms with van der Waals surface area (Å²) in [5.41, 5.74) is 1.92. The number of likely N-dealkylation sites (tertiary alicyclic amines) is 1. The van der Waals surface area contributed by atoms with Gasteiger partial charge in [0, 0.05) is 31.6 Å². The van der Waals surface area contributed by atoms with E-state index in [-0.39, 0.29) is 17.7 Å². The Bertz CT molecular complexity index is 878. The predicted octanol–water partition coefficient (Wildman–Crippen LogP) is 4.52. The molecule has 2 aromatic rings. The van der Waals surface area contributed by atoms with Crippen molar-refractivity contribution in [3.05, 3.63) is 23.2 Å². The number of nitrogens with one attached hydrogen (secondary N) is 1. The Labute approximate surface area is 177 Å². The molecule has 4 rings (SSSR count). The zero-order valence-electron chi connectivity index (χ0n) is 17.8. The molecule has 0 spiro atoms. The molecule has 1 saturated carbocycles. The Morgan fingerprint density at radius 2 is 1.93 bits per heavy atom. The number of aryl methyl sites for hydroxylation is 1. The maximum atomic E-state index is 13.1. The maximum Gasteiger partial charge on any atom is 0.270 e. The molecular weight excluding hydrogens is 382 g/mol. The van der Waals surface area contributed by atoms with Crippen LogP contribution in [0.15, 0.2) is 17.5 Å². The van der Waals surface area contributed by atoms with Gasteiger partial charge in [0.05, 0.1) is 10.2 Å². The van der Waals surface area contributed by atoms with Crippen molar-refractivity contribution in [3.8, 4) is 0 Å². The van der Waals surface area contributed by atoms with Crippen molar-refractivity contribution < 1.29 is 9.59 Å². The molecule has 1 saturated heterocycles. The first-order valence-electron chi connectivity index (χ1n) is 11.2. The second-order valence-electron chi connectivity index (χ2n) is 8.89. The molecule has 1 aliphatic heterocycles. The highest BCUT2D eigenvalue weighted by Gasteiger charge is 2.33. The van der Waals surface area contributed by atoms with Gasteiger partial charge in [-0.1, -0.05) is 26.7 Å². The van der Waals surface area contributed by atoms with Crippen LogP contribution in [0.25, 0.3) is 10.2 Å². The average Bonchev–Trinajstić information content (AvgIpc) is 3.32. The summed E-state index contributed by atoms with van der Waals surface area (Å²) < 4.78 is 3.28. The molecule has 0 aromatic carbocycles. The number of carbonyl (C=O) groups excluding carboxylic acids is 2. The standard InChI is InChI=1S/C23H33N3O2S/c1-4-26-19-10-13-29-21(19)14-20(26)23(28)25-11-8-17(9-12-25)22(27)24-18-7-5-6-15(2)16(18)3/h10,13-18H,4-9,11-12H2,1-3H3,(H,24,27). The molecule has 158 valence electrons. The molecule has 1 N–H and O–H groups in total. The van der Waals surface area contributed by atoms with Crippen LogP contribution in [0.1, 0.15) is 63.4 Å². The summed E-state index contributed by atoms with van der Waals surface area (Å²) in [5.74, 6) is 1.55. The molecule has 3 unspecified atom stereocenters. The lowest BCUT2D eigenvalue weighted by molar-refractivity contribution is -0.127. The summed E-state index contributed by atoms with van der Waals surface area (Å²) in [5, 5.41) is 5.40. The molecule has 3 heterocycles. The number of thiophene rings is 1. The third-order valence-corrected chi connectivity index (χ3v) is 8.10. The summed E-state index contributed by atoms with van der Waals surface area (Å²) >= 11 is 1.68. The van der Waals surface area contributed by atoms with Gasteiger partial charge in [-0.25, -0.2) is 0 Å². The van der Waals surface area contributed by atoms with Crippen molar-refractivity contribution in [3.63, 3.8) is 0 Å². The van der Waals surface area contributed by atoms with E-state index >= 15 is 0 Å². The minimum absolute atomic E-state index is 0.0323. The number of carbonyl (C=O) groups is 2. The van der Waals surface area contributed by atoms with E-state index in [0.717, 1.165) is 37.0 Å². The highest BCUT2D eigenvalue weighted by atomic mass is 32.1. The van der Waals surface area contributed by atoms with E-state index in [1.54, 1.807) is 11.3 Å². The Balaban J connectivity index is 1.35. The van der Waals surface area contributed by atoms with Gasteiger partial charge in [-0.15, -0.1) is 11.3 Å². The summed E-state index contributed by atoms with van der Waals surface area (Å²) in [6.07, 6.45) is 5.09. The Kier molecular flexibility index (Phi) is 6.00. The van der Waals surface area contributed by atoms with Crippen molar-refractivity contribution in [1.82, 2.24) is 14.8 Å². The average molecular weight is 416 g/mol. The van der Waals surface area contributed by atoms with Crippen molar-refractivity contribution >= 4 is 33.4 Å². The van der Waals surface area contributed by atoms with Crippen LogP contribution in [0, 0.1) is 17.8 Å². The highest BCUT2D eigenvalue weighted by Crippen LogP contribution is 2.31.